The maximum atomic E-state index is 12.8. The molecule has 0 aliphatic carbocycles. The van der Waals surface area contributed by atoms with Crippen molar-refractivity contribution >= 4 is 29.5 Å². The van der Waals surface area contributed by atoms with E-state index in [0.29, 0.717) is 30.8 Å². The van der Waals surface area contributed by atoms with Crippen LogP contribution in [0.15, 0.2) is 41.4 Å². The molecule has 0 atom stereocenters. The van der Waals surface area contributed by atoms with Gasteiger partial charge in [0, 0.05) is 18.7 Å². The van der Waals surface area contributed by atoms with Crippen molar-refractivity contribution in [1.29, 1.82) is 0 Å². The van der Waals surface area contributed by atoms with Gasteiger partial charge in [0.25, 0.3) is 5.91 Å². The van der Waals surface area contributed by atoms with E-state index >= 15 is 0 Å². The Labute approximate surface area is 196 Å². The van der Waals surface area contributed by atoms with Crippen molar-refractivity contribution in [1.82, 2.24) is 4.90 Å². The number of methoxy groups -OCH3 is 2. The number of benzene rings is 2. The zero-order valence-electron chi connectivity index (χ0n) is 18.9. The molecule has 3 rings (SSSR count). The zero-order chi connectivity index (χ0) is 24.7. The molecule has 11 nitrogen and oxygen atoms in total. The Balaban J connectivity index is 1.69. The van der Waals surface area contributed by atoms with Gasteiger partial charge in [0.1, 0.15) is 0 Å². The first-order chi connectivity index (χ1) is 16.3. The van der Waals surface area contributed by atoms with E-state index in [1.54, 1.807) is 41.3 Å². The fourth-order valence-corrected chi connectivity index (χ4v) is 3.36. The van der Waals surface area contributed by atoms with Gasteiger partial charge in [-0.1, -0.05) is 6.07 Å². The Kier molecular flexibility index (Phi) is 7.91. The van der Waals surface area contributed by atoms with E-state index in [9.17, 15) is 14.4 Å². The SMILES string of the molecule is COC(=O)COc1ccc(CCN2Cc3cc(N=C(N)N)ccc3C2=O)cc1OCC(=O)OC. The highest BCUT2D eigenvalue weighted by Crippen LogP contribution is 2.30. The molecular formula is C23H26N4O7. The quantitative estimate of drug-likeness (QED) is 0.292. The number of carbonyl (C=O) groups is 3. The molecule has 0 aromatic heterocycles. The lowest BCUT2D eigenvalue weighted by Gasteiger charge is -2.17. The highest BCUT2D eigenvalue weighted by Gasteiger charge is 2.27. The number of hydrogen-bond acceptors (Lipinski definition) is 8. The van der Waals surface area contributed by atoms with Crippen molar-refractivity contribution in [2.24, 2.45) is 16.5 Å². The number of nitrogens with two attached hydrogens (primary N) is 2. The average Bonchev–Trinajstić information content (AvgIpc) is 3.14. The maximum absolute atomic E-state index is 12.8. The fraction of sp³-hybridized carbons (Fsp3) is 0.304. The molecular weight excluding hydrogens is 444 g/mol. The van der Waals surface area contributed by atoms with Crippen molar-refractivity contribution < 1.29 is 33.3 Å². The van der Waals surface area contributed by atoms with Crippen LogP contribution in [0.5, 0.6) is 11.5 Å². The molecule has 0 saturated carbocycles. The lowest BCUT2D eigenvalue weighted by Crippen LogP contribution is -2.26. The molecule has 0 bridgehead atoms. The predicted molar refractivity (Wildman–Crippen MR) is 122 cm³/mol. The van der Waals surface area contributed by atoms with Crippen molar-refractivity contribution in [3.8, 4) is 11.5 Å². The van der Waals surface area contributed by atoms with Crippen LogP contribution >= 0.6 is 0 Å². The smallest absolute Gasteiger partial charge is 0.343 e. The molecule has 0 spiro atoms. The van der Waals surface area contributed by atoms with Gasteiger partial charge >= 0.3 is 11.9 Å². The second-order valence-corrected chi connectivity index (χ2v) is 7.37. The van der Waals surface area contributed by atoms with Crippen molar-refractivity contribution in [3.05, 3.63) is 53.1 Å². The number of rotatable bonds is 10. The van der Waals surface area contributed by atoms with Crippen LogP contribution in [0, 0.1) is 0 Å². The van der Waals surface area contributed by atoms with E-state index in [1.165, 1.54) is 14.2 Å². The molecule has 2 aromatic rings. The van der Waals surface area contributed by atoms with Gasteiger partial charge < -0.3 is 35.3 Å². The lowest BCUT2D eigenvalue weighted by atomic mass is 10.1. The maximum Gasteiger partial charge on any atom is 0.343 e. The van der Waals surface area contributed by atoms with Crippen molar-refractivity contribution in [2.75, 3.05) is 34.0 Å². The van der Waals surface area contributed by atoms with Crippen LogP contribution in [0.1, 0.15) is 21.5 Å². The number of hydrogen-bond donors (Lipinski definition) is 2. The topological polar surface area (TPSA) is 156 Å². The van der Waals surface area contributed by atoms with Gasteiger partial charge in [0.05, 0.1) is 19.9 Å². The monoisotopic (exact) mass is 470 g/mol. The molecule has 0 radical (unpaired) electrons. The van der Waals surface area contributed by atoms with Gasteiger partial charge in [-0.05, 0) is 47.9 Å². The third-order valence-corrected chi connectivity index (χ3v) is 5.05. The van der Waals surface area contributed by atoms with Crippen LogP contribution in [0.2, 0.25) is 0 Å². The molecule has 0 unspecified atom stereocenters. The number of aliphatic imine (C=N–C) groups is 1. The third kappa shape index (κ3) is 6.15. The number of amides is 1. The summed E-state index contributed by atoms with van der Waals surface area (Å²) in [7, 11) is 2.51. The number of fused-ring (bicyclic) bond motifs is 1. The minimum Gasteiger partial charge on any atom is -0.478 e. The largest absolute Gasteiger partial charge is 0.478 e. The zero-order valence-corrected chi connectivity index (χ0v) is 18.9. The van der Waals surface area contributed by atoms with Crippen LogP contribution < -0.4 is 20.9 Å². The molecule has 0 saturated heterocycles. The van der Waals surface area contributed by atoms with Gasteiger partial charge in [-0.15, -0.1) is 0 Å². The van der Waals surface area contributed by atoms with E-state index in [4.69, 9.17) is 20.9 Å². The van der Waals surface area contributed by atoms with Gasteiger partial charge in [0.15, 0.2) is 30.7 Å². The molecule has 180 valence electrons. The molecule has 1 amide bonds. The highest BCUT2D eigenvalue weighted by atomic mass is 16.6. The van der Waals surface area contributed by atoms with E-state index < -0.39 is 11.9 Å². The van der Waals surface area contributed by atoms with Gasteiger partial charge in [-0.2, -0.15) is 0 Å². The first kappa shape index (κ1) is 24.4. The van der Waals surface area contributed by atoms with Crippen LogP contribution in [-0.2, 0) is 32.0 Å². The van der Waals surface area contributed by atoms with Crippen LogP contribution in [-0.4, -0.2) is 62.7 Å². The summed E-state index contributed by atoms with van der Waals surface area (Å²) in [5.41, 5.74) is 13.7. The van der Waals surface area contributed by atoms with Crippen LogP contribution in [0.25, 0.3) is 0 Å². The van der Waals surface area contributed by atoms with E-state index in [2.05, 4.69) is 14.5 Å². The van der Waals surface area contributed by atoms with Crippen molar-refractivity contribution in [3.63, 3.8) is 0 Å². The molecule has 34 heavy (non-hydrogen) atoms. The summed E-state index contributed by atoms with van der Waals surface area (Å²) in [6, 6.07) is 10.3. The van der Waals surface area contributed by atoms with Crippen molar-refractivity contribution in [2.45, 2.75) is 13.0 Å². The summed E-state index contributed by atoms with van der Waals surface area (Å²) < 4.78 is 20.1. The summed E-state index contributed by atoms with van der Waals surface area (Å²) in [5, 5.41) is 0. The fourth-order valence-electron chi connectivity index (χ4n) is 3.36. The summed E-state index contributed by atoms with van der Waals surface area (Å²) in [6.07, 6.45) is 0.520. The second-order valence-electron chi connectivity index (χ2n) is 7.37. The number of carbonyl (C=O) groups excluding carboxylic acids is 3. The summed E-state index contributed by atoms with van der Waals surface area (Å²) in [4.78, 5) is 41.4. The van der Waals surface area contributed by atoms with E-state index in [0.717, 1.165) is 11.1 Å². The molecule has 2 aromatic carbocycles. The Bertz CT molecular complexity index is 1110. The predicted octanol–water partition coefficient (Wildman–Crippen LogP) is 0.894. The summed E-state index contributed by atoms with van der Waals surface area (Å²) >= 11 is 0. The third-order valence-electron chi connectivity index (χ3n) is 5.05. The molecule has 0 fully saturated rings. The van der Waals surface area contributed by atoms with Gasteiger partial charge in [-0.3, -0.25) is 4.79 Å². The first-order valence-electron chi connectivity index (χ1n) is 10.3. The lowest BCUT2D eigenvalue weighted by molar-refractivity contribution is -0.144. The number of ether oxygens (including phenoxy) is 4. The Hall–Kier alpha value is -4.28. The molecule has 1 heterocycles. The minimum atomic E-state index is -0.565. The van der Waals surface area contributed by atoms with Crippen LogP contribution in [0.4, 0.5) is 5.69 Å². The Morgan fingerprint density at radius 2 is 1.65 bits per heavy atom. The van der Waals surface area contributed by atoms with Crippen LogP contribution in [0.3, 0.4) is 0 Å². The average molecular weight is 470 g/mol. The number of nitrogens with zero attached hydrogens (tertiary/aromatic N) is 2. The van der Waals surface area contributed by atoms with Gasteiger partial charge in [-0.25, -0.2) is 14.6 Å². The second kappa shape index (κ2) is 11.0. The molecule has 1 aliphatic heterocycles. The summed E-state index contributed by atoms with van der Waals surface area (Å²) in [5.74, 6) is -0.709. The Morgan fingerprint density at radius 3 is 2.29 bits per heavy atom. The highest BCUT2D eigenvalue weighted by molar-refractivity contribution is 5.98. The number of guanidine groups is 1. The van der Waals surface area contributed by atoms with Gasteiger partial charge in [0.2, 0.25) is 0 Å². The Morgan fingerprint density at radius 1 is 0.971 bits per heavy atom. The molecule has 11 heteroatoms. The first-order valence-corrected chi connectivity index (χ1v) is 10.3. The summed E-state index contributed by atoms with van der Waals surface area (Å²) in [6.45, 7) is 0.247. The molecule has 4 N–H and O–H groups in total. The minimum absolute atomic E-state index is 0.0506. The van der Waals surface area contributed by atoms with E-state index in [-0.39, 0.29) is 36.6 Å². The molecule has 1 aliphatic rings. The number of esters is 2. The standard InChI is InChI=1S/C23H26N4O7/c1-31-20(28)12-33-18-6-3-14(9-19(18)34-13-21(29)32-2)7-8-27-11-15-10-16(26-23(24)25)4-5-17(15)22(27)30/h3-6,9-10H,7-8,11-13H2,1-2H3,(H4,24,25,26). The van der Waals surface area contributed by atoms with E-state index in [1.807, 2.05) is 0 Å². The normalized spacial score (nSPS) is 12.1.